The molecule has 1 heterocycles. The number of carboxylic acids is 1. The van der Waals surface area contributed by atoms with E-state index in [1.54, 1.807) is 35.9 Å². The maximum Gasteiger partial charge on any atom is 0.339 e. The van der Waals surface area contributed by atoms with Crippen LogP contribution in [0.15, 0.2) is 30.5 Å². The minimum Gasteiger partial charge on any atom is -0.478 e. The lowest BCUT2D eigenvalue weighted by molar-refractivity contribution is -0.116. The van der Waals surface area contributed by atoms with Crippen molar-refractivity contribution < 1.29 is 14.7 Å². The molecule has 110 valence electrons. The van der Waals surface area contributed by atoms with E-state index in [9.17, 15) is 9.59 Å². The van der Waals surface area contributed by atoms with Gasteiger partial charge in [-0.3, -0.25) is 4.79 Å². The summed E-state index contributed by atoms with van der Waals surface area (Å²) in [6, 6.07) is 7.15. The quantitative estimate of drug-likeness (QED) is 0.885. The molecule has 2 N–H and O–H groups in total. The van der Waals surface area contributed by atoms with Crippen LogP contribution in [0.1, 0.15) is 35.8 Å². The van der Waals surface area contributed by atoms with Crippen molar-refractivity contribution in [3.8, 4) is 5.69 Å². The molecule has 0 spiro atoms. The predicted molar refractivity (Wildman–Crippen MR) is 78.8 cm³/mol. The van der Waals surface area contributed by atoms with Crippen molar-refractivity contribution in [1.82, 2.24) is 9.78 Å². The van der Waals surface area contributed by atoms with Crippen molar-refractivity contribution in [2.75, 3.05) is 5.32 Å². The highest BCUT2D eigenvalue weighted by Gasteiger charge is 2.14. The van der Waals surface area contributed by atoms with Crippen LogP contribution in [0.5, 0.6) is 0 Å². The summed E-state index contributed by atoms with van der Waals surface area (Å²) in [6.45, 7) is 3.63. The Morgan fingerprint density at radius 1 is 1.38 bits per heavy atom. The van der Waals surface area contributed by atoms with E-state index in [1.807, 2.05) is 6.92 Å². The number of hydrogen-bond acceptors (Lipinski definition) is 3. The van der Waals surface area contributed by atoms with Gasteiger partial charge in [0.2, 0.25) is 5.91 Å². The van der Waals surface area contributed by atoms with Crippen LogP contribution in [0, 0.1) is 6.92 Å². The third-order valence-corrected chi connectivity index (χ3v) is 3.09. The van der Waals surface area contributed by atoms with Gasteiger partial charge in [0.15, 0.2) is 0 Å². The first-order chi connectivity index (χ1) is 10.0. The van der Waals surface area contributed by atoms with Crippen molar-refractivity contribution in [2.45, 2.75) is 26.7 Å². The zero-order chi connectivity index (χ0) is 15.4. The van der Waals surface area contributed by atoms with Crippen LogP contribution < -0.4 is 5.32 Å². The van der Waals surface area contributed by atoms with Gasteiger partial charge in [-0.25, -0.2) is 9.48 Å². The Bertz CT molecular complexity index is 677. The first kappa shape index (κ1) is 14.8. The van der Waals surface area contributed by atoms with E-state index in [1.165, 1.54) is 6.20 Å². The van der Waals surface area contributed by atoms with E-state index in [4.69, 9.17) is 5.11 Å². The number of aromatic carboxylic acids is 1. The van der Waals surface area contributed by atoms with E-state index in [2.05, 4.69) is 10.4 Å². The van der Waals surface area contributed by atoms with Crippen molar-refractivity contribution >= 4 is 17.6 Å². The van der Waals surface area contributed by atoms with Crippen molar-refractivity contribution in [3.05, 3.63) is 41.7 Å². The Balaban J connectivity index is 2.29. The first-order valence-corrected chi connectivity index (χ1v) is 6.71. The Labute approximate surface area is 122 Å². The van der Waals surface area contributed by atoms with E-state index in [-0.39, 0.29) is 11.5 Å². The minimum atomic E-state index is -1.01. The largest absolute Gasteiger partial charge is 0.478 e. The molecule has 0 aliphatic heterocycles. The second-order valence-corrected chi connectivity index (χ2v) is 4.71. The first-order valence-electron chi connectivity index (χ1n) is 6.71. The van der Waals surface area contributed by atoms with E-state index >= 15 is 0 Å². The lowest BCUT2D eigenvalue weighted by atomic mass is 10.2. The van der Waals surface area contributed by atoms with Gasteiger partial charge in [-0.1, -0.05) is 13.0 Å². The number of carbonyl (C=O) groups excluding carboxylic acids is 1. The number of aromatic nitrogens is 2. The molecule has 2 aromatic rings. The van der Waals surface area contributed by atoms with Gasteiger partial charge >= 0.3 is 5.97 Å². The summed E-state index contributed by atoms with van der Waals surface area (Å²) in [5.74, 6) is -1.05. The van der Waals surface area contributed by atoms with Crippen molar-refractivity contribution in [1.29, 1.82) is 0 Å². The standard InChI is InChI=1S/C15H17N3O3/c1-3-5-14(19)17-11-6-4-7-12(8-11)18-10(2)13(9-16-18)15(20)21/h4,6-9H,3,5H2,1-2H3,(H,17,19)(H,20,21). The normalized spacial score (nSPS) is 10.4. The summed E-state index contributed by atoms with van der Waals surface area (Å²) < 4.78 is 1.54. The van der Waals surface area contributed by atoms with Gasteiger partial charge in [0.25, 0.3) is 0 Å². The van der Waals surface area contributed by atoms with E-state index in [0.29, 0.717) is 23.5 Å². The molecule has 0 radical (unpaired) electrons. The lowest BCUT2D eigenvalue weighted by Gasteiger charge is -2.08. The van der Waals surface area contributed by atoms with E-state index in [0.717, 1.165) is 6.42 Å². The lowest BCUT2D eigenvalue weighted by Crippen LogP contribution is -2.11. The third-order valence-electron chi connectivity index (χ3n) is 3.09. The van der Waals surface area contributed by atoms with Crippen LogP contribution in [0.4, 0.5) is 5.69 Å². The average molecular weight is 287 g/mol. The van der Waals surface area contributed by atoms with Crippen LogP contribution in [-0.4, -0.2) is 26.8 Å². The molecular weight excluding hydrogens is 270 g/mol. The third kappa shape index (κ3) is 3.28. The van der Waals surface area contributed by atoms with Gasteiger partial charge in [-0.05, 0) is 31.5 Å². The fourth-order valence-electron chi connectivity index (χ4n) is 2.05. The molecule has 1 aromatic carbocycles. The summed E-state index contributed by atoms with van der Waals surface area (Å²) in [7, 11) is 0. The Morgan fingerprint density at radius 3 is 2.76 bits per heavy atom. The second kappa shape index (κ2) is 6.21. The summed E-state index contributed by atoms with van der Waals surface area (Å²) in [5, 5.41) is 15.9. The highest BCUT2D eigenvalue weighted by atomic mass is 16.4. The maximum atomic E-state index is 11.6. The molecule has 0 aliphatic rings. The molecule has 0 saturated heterocycles. The SMILES string of the molecule is CCCC(=O)Nc1cccc(-n2ncc(C(=O)O)c2C)c1. The van der Waals surface area contributed by atoms with Crippen LogP contribution in [0.3, 0.4) is 0 Å². The predicted octanol–water partition coefficient (Wildman–Crippen LogP) is 2.62. The van der Waals surface area contributed by atoms with Crippen LogP contribution in [0.2, 0.25) is 0 Å². The molecule has 0 unspecified atom stereocenters. The Kier molecular flexibility index (Phi) is 4.37. The highest BCUT2D eigenvalue weighted by molar-refractivity contribution is 5.91. The number of nitrogens with one attached hydrogen (secondary N) is 1. The van der Waals surface area contributed by atoms with Crippen LogP contribution in [0.25, 0.3) is 5.69 Å². The number of rotatable bonds is 5. The van der Waals surface area contributed by atoms with Crippen molar-refractivity contribution in [2.24, 2.45) is 0 Å². The van der Waals surface area contributed by atoms with Gasteiger partial charge in [0.1, 0.15) is 5.56 Å². The molecule has 6 heteroatoms. The van der Waals surface area contributed by atoms with Crippen LogP contribution in [-0.2, 0) is 4.79 Å². The minimum absolute atomic E-state index is 0.0435. The summed E-state index contributed by atoms with van der Waals surface area (Å²) >= 11 is 0. The number of carbonyl (C=O) groups is 2. The van der Waals surface area contributed by atoms with Crippen molar-refractivity contribution in [3.63, 3.8) is 0 Å². The van der Waals surface area contributed by atoms with Crippen LogP contribution >= 0.6 is 0 Å². The summed E-state index contributed by atoms with van der Waals surface area (Å²) in [6.07, 6.45) is 2.57. The monoisotopic (exact) mass is 287 g/mol. The highest BCUT2D eigenvalue weighted by Crippen LogP contribution is 2.18. The molecule has 0 saturated carbocycles. The molecule has 1 amide bonds. The summed E-state index contributed by atoms with van der Waals surface area (Å²) in [5.41, 5.74) is 2.07. The molecule has 0 aliphatic carbocycles. The molecule has 2 rings (SSSR count). The molecular formula is C15H17N3O3. The topological polar surface area (TPSA) is 84.2 Å². The second-order valence-electron chi connectivity index (χ2n) is 4.71. The van der Waals surface area contributed by atoms with E-state index < -0.39 is 5.97 Å². The number of nitrogens with zero attached hydrogens (tertiary/aromatic N) is 2. The molecule has 0 atom stereocenters. The molecule has 0 fully saturated rings. The molecule has 0 bridgehead atoms. The number of anilines is 1. The zero-order valence-corrected chi connectivity index (χ0v) is 12.0. The number of carboxylic acid groups (broad SMARTS) is 1. The van der Waals surface area contributed by atoms with Gasteiger partial charge in [0.05, 0.1) is 17.6 Å². The molecule has 21 heavy (non-hydrogen) atoms. The summed E-state index contributed by atoms with van der Waals surface area (Å²) in [4.78, 5) is 22.6. The smallest absolute Gasteiger partial charge is 0.339 e. The average Bonchev–Trinajstić information content (AvgIpc) is 2.81. The van der Waals surface area contributed by atoms with Gasteiger partial charge in [-0.15, -0.1) is 0 Å². The van der Waals surface area contributed by atoms with Gasteiger partial charge in [-0.2, -0.15) is 5.10 Å². The molecule has 1 aromatic heterocycles. The number of benzene rings is 1. The fraction of sp³-hybridized carbons (Fsp3) is 0.267. The maximum absolute atomic E-state index is 11.6. The number of amides is 1. The van der Waals surface area contributed by atoms with Gasteiger partial charge in [0, 0.05) is 12.1 Å². The zero-order valence-electron chi connectivity index (χ0n) is 12.0. The number of hydrogen-bond donors (Lipinski definition) is 2. The Morgan fingerprint density at radius 2 is 2.14 bits per heavy atom. The molecule has 6 nitrogen and oxygen atoms in total. The Hall–Kier alpha value is -2.63. The fourth-order valence-corrected chi connectivity index (χ4v) is 2.05. The van der Waals surface area contributed by atoms with Gasteiger partial charge < -0.3 is 10.4 Å².